The first-order valence-electron chi connectivity index (χ1n) is 6.28. The molecule has 0 bridgehead atoms. The molecule has 1 aromatic heterocycles. The number of alkyl halides is 3. The quantitative estimate of drug-likeness (QED) is 0.938. The largest absolute Gasteiger partial charge is 0.573 e. The zero-order chi connectivity index (χ0) is 15.2. The maximum atomic E-state index is 12.4. The van der Waals surface area contributed by atoms with E-state index in [4.69, 9.17) is 0 Å². The molecule has 0 saturated heterocycles. The van der Waals surface area contributed by atoms with Gasteiger partial charge in [-0.1, -0.05) is 12.1 Å². The molecule has 110 valence electrons. The van der Waals surface area contributed by atoms with Gasteiger partial charge in [-0.2, -0.15) is 0 Å². The summed E-state index contributed by atoms with van der Waals surface area (Å²) in [5.41, 5.74) is 0.365. The lowest BCUT2D eigenvalue weighted by atomic mass is 10.1. The Bertz CT molecular complexity index is 723. The van der Waals surface area contributed by atoms with Crippen molar-refractivity contribution in [3.05, 3.63) is 35.5 Å². The second-order valence-corrected chi connectivity index (χ2v) is 4.87. The lowest BCUT2D eigenvalue weighted by molar-refractivity contribution is -0.274. The normalized spacial score (nSPS) is 15.2. The number of rotatable bonds is 3. The number of pyridine rings is 1. The molecule has 1 fully saturated rings. The van der Waals surface area contributed by atoms with E-state index in [-0.39, 0.29) is 22.4 Å². The van der Waals surface area contributed by atoms with Crippen LogP contribution in [0, 0.1) is 0 Å². The Hall–Kier alpha value is -2.31. The van der Waals surface area contributed by atoms with E-state index in [1.165, 1.54) is 18.2 Å². The third-order valence-corrected chi connectivity index (χ3v) is 3.27. The van der Waals surface area contributed by atoms with Crippen LogP contribution >= 0.6 is 0 Å². The number of carboxylic acid groups (broad SMARTS) is 1. The van der Waals surface area contributed by atoms with Gasteiger partial charge in [-0.05, 0) is 25.0 Å². The summed E-state index contributed by atoms with van der Waals surface area (Å²) in [6.45, 7) is 0. The molecule has 3 rings (SSSR count). The van der Waals surface area contributed by atoms with Crippen molar-refractivity contribution in [2.24, 2.45) is 0 Å². The van der Waals surface area contributed by atoms with Gasteiger partial charge >= 0.3 is 12.3 Å². The molecule has 0 aliphatic heterocycles. The molecule has 21 heavy (non-hydrogen) atoms. The SMILES string of the molecule is O=C(O)c1cc(C2CC2)nc2c(OC(F)(F)F)cccc12. The number of benzene rings is 1. The monoisotopic (exact) mass is 297 g/mol. The summed E-state index contributed by atoms with van der Waals surface area (Å²) in [6.07, 6.45) is -3.13. The smallest absolute Gasteiger partial charge is 0.478 e. The van der Waals surface area contributed by atoms with Crippen molar-refractivity contribution in [2.75, 3.05) is 0 Å². The van der Waals surface area contributed by atoms with E-state index in [1.54, 1.807) is 0 Å². The highest BCUT2D eigenvalue weighted by molar-refractivity contribution is 6.04. The molecule has 1 aromatic carbocycles. The van der Waals surface area contributed by atoms with Gasteiger partial charge < -0.3 is 9.84 Å². The lowest BCUT2D eigenvalue weighted by Crippen LogP contribution is -2.17. The Kier molecular flexibility index (Phi) is 3.00. The van der Waals surface area contributed by atoms with E-state index >= 15 is 0 Å². The highest BCUT2D eigenvalue weighted by atomic mass is 19.4. The molecule has 0 radical (unpaired) electrons. The minimum Gasteiger partial charge on any atom is -0.478 e. The van der Waals surface area contributed by atoms with Crippen LogP contribution in [0.15, 0.2) is 24.3 Å². The minimum atomic E-state index is -4.85. The first kappa shape index (κ1) is 13.7. The van der Waals surface area contributed by atoms with Gasteiger partial charge in [-0.15, -0.1) is 13.2 Å². The third-order valence-electron chi connectivity index (χ3n) is 3.27. The van der Waals surface area contributed by atoms with E-state index in [0.29, 0.717) is 5.69 Å². The molecule has 4 nitrogen and oxygen atoms in total. The maximum Gasteiger partial charge on any atom is 0.573 e. The fourth-order valence-corrected chi connectivity index (χ4v) is 2.21. The number of ether oxygens (including phenoxy) is 1. The van der Waals surface area contributed by atoms with Crippen LogP contribution in [-0.2, 0) is 0 Å². The van der Waals surface area contributed by atoms with Gasteiger partial charge in [0.25, 0.3) is 0 Å². The Balaban J connectivity index is 2.23. The number of hydrogen-bond acceptors (Lipinski definition) is 3. The molecule has 1 N–H and O–H groups in total. The van der Waals surface area contributed by atoms with Crippen LogP contribution in [0.3, 0.4) is 0 Å². The number of para-hydroxylation sites is 1. The van der Waals surface area contributed by atoms with Gasteiger partial charge in [0.05, 0.1) is 5.56 Å². The predicted molar refractivity (Wildman–Crippen MR) is 67.4 cm³/mol. The van der Waals surface area contributed by atoms with Gasteiger partial charge in [0.15, 0.2) is 5.75 Å². The van der Waals surface area contributed by atoms with Crippen LogP contribution in [0.25, 0.3) is 10.9 Å². The molecule has 1 saturated carbocycles. The van der Waals surface area contributed by atoms with Crippen molar-refractivity contribution in [3.63, 3.8) is 0 Å². The number of carboxylic acids is 1. The summed E-state index contributed by atoms with van der Waals surface area (Å²) in [4.78, 5) is 15.5. The first-order valence-corrected chi connectivity index (χ1v) is 6.28. The van der Waals surface area contributed by atoms with Crippen molar-refractivity contribution in [1.29, 1.82) is 0 Å². The number of fused-ring (bicyclic) bond motifs is 1. The van der Waals surface area contributed by atoms with Gasteiger partial charge in [-0.25, -0.2) is 9.78 Å². The van der Waals surface area contributed by atoms with Crippen LogP contribution in [0.4, 0.5) is 13.2 Å². The standard InChI is InChI=1S/C14H10F3NO3/c15-14(16,17)21-11-3-1-2-8-9(13(19)20)6-10(7-4-5-7)18-12(8)11/h1-3,6-7H,4-5H2,(H,19,20). The van der Waals surface area contributed by atoms with Crippen LogP contribution < -0.4 is 4.74 Å². The molecule has 1 aliphatic rings. The minimum absolute atomic E-state index is 0.0606. The molecule has 0 spiro atoms. The first-order chi connectivity index (χ1) is 9.85. The second kappa shape index (κ2) is 4.61. The molecule has 2 aromatic rings. The van der Waals surface area contributed by atoms with E-state index in [0.717, 1.165) is 18.9 Å². The summed E-state index contributed by atoms with van der Waals surface area (Å²) in [6, 6.07) is 5.30. The molecule has 0 amide bonds. The molecular formula is C14H10F3NO3. The van der Waals surface area contributed by atoms with Gasteiger partial charge in [0.2, 0.25) is 0 Å². The summed E-state index contributed by atoms with van der Waals surface area (Å²) < 4.78 is 41.2. The van der Waals surface area contributed by atoms with Crippen molar-refractivity contribution in [3.8, 4) is 5.75 Å². The fraction of sp³-hybridized carbons (Fsp3) is 0.286. The van der Waals surface area contributed by atoms with E-state index < -0.39 is 18.1 Å². The zero-order valence-corrected chi connectivity index (χ0v) is 10.6. The average Bonchev–Trinajstić information content (AvgIpc) is 3.20. The Morgan fingerprint density at radius 2 is 2.05 bits per heavy atom. The highest BCUT2D eigenvalue weighted by Crippen LogP contribution is 2.41. The van der Waals surface area contributed by atoms with Gasteiger partial charge in [-0.3, -0.25) is 0 Å². The summed E-state index contributed by atoms with van der Waals surface area (Å²) >= 11 is 0. The van der Waals surface area contributed by atoms with Crippen molar-refractivity contribution >= 4 is 16.9 Å². The van der Waals surface area contributed by atoms with E-state index in [1.807, 2.05) is 0 Å². The zero-order valence-electron chi connectivity index (χ0n) is 10.6. The molecule has 1 aliphatic carbocycles. The van der Waals surface area contributed by atoms with Crippen molar-refractivity contribution in [1.82, 2.24) is 4.98 Å². The number of nitrogens with zero attached hydrogens (tertiary/aromatic N) is 1. The summed E-state index contributed by atoms with van der Waals surface area (Å²) in [5.74, 6) is -1.56. The number of halogens is 3. The molecular weight excluding hydrogens is 287 g/mol. The molecule has 0 atom stereocenters. The van der Waals surface area contributed by atoms with Crippen LogP contribution in [0.5, 0.6) is 5.75 Å². The van der Waals surface area contributed by atoms with Gasteiger partial charge in [0.1, 0.15) is 5.52 Å². The fourth-order valence-electron chi connectivity index (χ4n) is 2.21. The van der Waals surface area contributed by atoms with Crippen LogP contribution in [-0.4, -0.2) is 22.4 Å². The van der Waals surface area contributed by atoms with Crippen LogP contribution in [0.1, 0.15) is 34.8 Å². The van der Waals surface area contributed by atoms with E-state index in [2.05, 4.69) is 9.72 Å². The topological polar surface area (TPSA) is 59.4 Å². The Labute approximate surface area is 117 Å². The number of aromatic carboxylic acids is 1. The average molecular weight is 297 g/mol. The number of carbonyl (C=O) groups is 1. The number of hydrogen-bond donors (Lipinski definition) is 1. The third kappa shape index (κ3) is 2.76. The van der Waals surface area contributed by atoms with E-state index in [9.17, 15) is 23.1 Å². The van der Waals surface area contributed by atoms with Crippen molar-refractivity contribution < 1.29 is 27.8 Å². The summed E-state index contributed by atoms with van der Waals surface area (Å²) in [5, 5.41) is 9.38. The molecule has 0 unspecified atom stereocenters. The number of aromatic nitrogens is 1. The summed E-state index contributed by atoms with van der Waals surface area (Å²) in [7, 11) is 0. The van der Waals surface area contributed by atoms with Crippen molar-refractivity contribution in [2.45, 2.75) is 25.1 Å². The highest BCUT2D eigenvalue weighted by Gasteiger charge is 2.33. The maximum absolute atomic E-state index is 12.4. The molecule has 1 heterocycles. The van der Waals surface area contributed by atoms with Gasteiger partial charge in [0, 0.05) is 17.0 Å². The second-order valence-electron chi connectivity index (χ2n) is 4.87. The molecule has 7 heteroatoms. The predicted octanol–water partition coefficient (Wildman–Crippen LogP) is 3.71. The Morgan fingerprint density at radius 1 is 1.33 bits per heavy atom. The Morgan fingerprint density at radius 3 is 2.62 bits per heavy atom. The van der Waals surface area contributed by atoms with Crippen LogP contribution in [0.2, 0.25) is 0 Å². The lowest BCUT2D eigenvalue weighted by Gasteiger charge is -2.13.